The number of aromatic nitrogens is 3. The molecule has 0 fully saturated rings. The highest BCUT2D eigenvalue weighted by Gasteiger charge is 2.34. The first-order chi connectivity index (χ1) is 18.2. The Morgan fingerprint density at radius 3 is 2.71 bits per heavy atom. The highest BCUT2D eigenvalue weighted by molar-refractivity contribution is 6.31. The molecular formula is C26H20ClF3N4O4. The Morgan fingerprint density at radius 1 is 1.13 bits per heavy atom. The van der Waals surface area contributed by atoms with E-state index < -0.39 is 28.8 Å². The number of hydrogen-bond acceptors (Lipinski definition) is 6. The number of halogens is 4. The van der Waals surface area contributed by atoms with Gasteiger partial charge in [0.1, 0.15) is 23.3 Å². The van der Waals surface area contributed by atoms with Crippen LogP contribution in [0.5, 0.6) is 11.5 Å². The number of pyridine rings is 1. The first-order valence-electron chi connectivity index (χ1n) is 11.4. The molecule has 38 heavy (non-hydrogen) atoms. The van der Waals surface area contributed by atoms with Crippen molar-refractivity contribution in [1.29, 1.82) is 0 Å². The van der Waals surface area contributed by atoms with E-state index in [2.05, 4.69) is 20.3 Å². The SMILES string of the molecule is O=C(Nc1ccc(Cl)c(C(F)(F)F)c1)C1Cc2cc(Oc3ccnc(-c4ncc(CO)[nH]4)c3)ccc2CO1. The van der Waals surface area contributed by atoms with Crippen LogP contribution in [-0.2, 0) is 35.3 Å². The van der Waals surface area contributed by atoms with Crippen LogP contribution in [-0.4, -0.2) is 32.1 Å². The molecule has 3 N–H and O–H groups in total. The predicted octanol–water partition coefficient (Wildman–Crippen LogP) is 5.51. The lowest BCUT2D eigenvalue weighted by atomic mass is 9.98. The van der Waals surface area contributed by atoms with E-state index in [0.717, 1.165) is 23.3 Å². The lowest BCUT2D eigenvalue weighted by Gasteiger charge is -2.25. The Morgan fingerprint density at radius 2 is 1.95 bits per heavy atom. The normalized spacial score (nSPS) is 15.1. The van der Waals surface area contributed by atoms with E-state index in [-0.39, 0.29) is 25.3 Å². The van der Waals surface area contributed by atoms with E-state index in [1.807, 2.05) is 6.07 Å². The zero-order valence-electron chi connectivity index (χ0n) is 19.6. The second-order valence-corrected chi connectivity index (χ2v) is 8.92. The molecule has 0 bridgehead atoms. The summed E-state index contributed by atoms with van der Waals surface area (Å²) in [4.78, 5) is 24.2. The van der Waals surface area contributed by atoms with Gasteiger partial charge in [-0.05, 0) is 47.5 Å². The van der Waals surface area contributed by atoms with Gasteiger partial charge in [-0.1, -0.05) is 17.7 Å². The van der Waals surface area contributed by atoms with Crippen LogP contribution in [0.3, 0.4) is 0 Å². The molecule has 1 amide bonds. The number of fused-ring (bicyclic) bond motifs is 1. The number of H-pyrrole nitrogens is 1. The molecule has 0 aliphatic carbocycles. The lowest BCUT2D eigenvalue weighted by molar-refractivity contribution is -0.137. The molecule has 0 spiro atoms. The van der Waals surface area contributed by atoms with E-state index in [9.17, 15) is 23.1 Å². The third kappa shape index (κ3) is 5.64. The van der Waals surface area contributed by atoms with Gasteiger partial charge >= 0.3 is 6.18 Å². The third-order valence-electron chi connectivity index (χ3n) is 5.86. The van der Waals surface area contributed by atoms with Crippen molar-refractivity contribution in [3.8, 4) is 23.0 Å². The summed E-state index contributed by atoms with van der Waals surface area (Å²) in [6.07, 6.45) is -2.26. The maximum Gasteiger partial charge on any atom is 0.417 e. The number of ether oxygens (including phenoxy) is 2. The van der Waals surface area contributed by atoms with Gasteiger partial charge in [0.25, 0.3) is 5.91 Å². The summed E-state index contributed by atoms with van der Waals surface area (Å²) in [5, 5.41) is 11.3. The molecule has 1 aliphatic heterocycles. The van der Waals surface area contributed by atoms with Crippen LogP contribution < -0.4 is 10.1 Å². The van der Waals surface area contributed by atoms with E-state index >= 15 is 0 Å². The molecule has 8 nitrogen and oxygen atoms in total. The van der Waals surface area contributed by atoms with E-state index in [1.54, 1.807) is 30.5 Å². The minimum Gasteiger partial charge on any atom is -0.457 e. The van der Waals surface area contributed by atoms with Crippen molar-refractivity contribution < 1.29 is 32.5 Å². The summed E-state index contributed by atoms with van der Waals surface area (Å²) in [6.45, 7) is -0.0114. The number of carbonyl (C=O) groups is 1. The van der Waals surface area contributed by atoms with Gasteiger partial charge in [-0.3, -0.25) is 9.78 Å². The number of alkyl halides is 3. The maximum absolute atomic E-state index is 13.2. The lowest BCUT2D eigenvalue weighted by Crippen LogP contribution is -2.35. The van der Waals surface area contributed by atoms with Crippen molar-refractivity contribution >= 4 is 23.2 Å². The standard InChI is InChI=1S/C26H20ClF3N4O4/c27-21-4-2-16(9-20(21)26(28,29)30)34-25(36)23-8-15-7-18(3-1-14(15)13-37-23)38-19-5-6-31-22(10-19)24-32-11-17(12-35)33-24/h1-7,9-11,23,35H,8,12-13H2,(H,32,33)(H,34,36). The van der Waals surface area contributed by atoms with Crippen LogP contribution in [0.1, 0.15) is 22.4 Å². The molecule has 5 rings (SSSR count). The van der Waals surface area contributed by atoms with Crippen LogP contribution in [0.25, 0.3) is 11.5 Å². The molecule has 0 saturated carbocycles. The Labute approximate surface area is 219 Å². The largest absolute Gasteiger partial charge is 0.457 e. The summed E-state index contributed by atoms with van der Waals surface area (Å²) < 4.78 is 51.1. The number of carbonyl (C=O) groups excluding carboxylic acids is 1. The number of imidazole rings is 1. The number of rotatable bonds is 6. The Bertz CT molecular complexity index is 1490. The quantitative estimate of drug-likeness (QED) is 0.295. The fourth-order valence-corrected chi connectivity index (χ4v) is 4.19. The van der Waals surface area contributed by atoms with Gasteiger partial charge in [0.05, 0.1) is 35.7 Å². The number of aliphatic hydroxyl groups excluding tert-OH is 1. The minimum absolute atomic E-state index is 0.0330. The van der Waals surface area contributed by atoms with Gasteiger partial charge < -0.3 is 24.9 Å². The zero-order valence-corrected chi connectivity index (χ0v) is 20.3. The van der Waals surface area contributed by atoms with Crippen molar-refractivity contribution in [2.45, 2.75) is 31.9 Å². The summed E-state index contributed by atoms with van der Waals surface area (Å²) >= 11 is 5.66. The number of aromatic amines is 1. The Balaban J connectivity index is 1.28. The molecule has 12 heteroatoms. The number of nitrogens with one attached hydrogen (secondary N) is 2. The predicted molar refractivity (Wildman–Crippen MR) is 132 cm³/mol. The Hall–Kier alpha value is -3.93. The van der Waals surface area contributed by atoms with Gasteiger partial charge in [0, 0.05) is 24.4 Å². The van der Waals surface area contributed by atoms with Crippen LogP contribution in [0, 0.1) is 0 Å². The smallest absolute Gasteiger partial charge is 0.417 e. The summed E-state index contributed by atoms with van der Waals surface area (Å²) in [6, 6.07) is 11.9. The van der Waals surface area contributed by atoms with Crippen molar-refractivity contribution in [3.63, 3.8) is 0 Å². The summed E-state index contributed by atoms with van der Waals surface area (Å²) in [5.41, 5.74) is 1.70. The molecule has 0 saturated heterocycles. The van der Waals surface area contributed by atoms with Gasteiger partial charge in [-0.15, -0.1) is 0 Å². The fraction of sp³-hybridized carbons (Fsp3) is 0.192. The van der Waals surface area contributed by atoms with Crippen LogP contribution >= 0.6 is 11.6 Å². The monoisotopic (exact) mass is 544 g/mol. The topological polar surface area (TPSA) is 109 Å². The van der Waals surface area contributed by atoms with Crippen molar-refractivity contribution in [2.24, 2.45) is 0 Å². The Kier molecular flexibility index (Phi) is 7.06. The van der Waals surface area contributed by atoms with Crippen LogP contribution in [0.15, 0.2) is 60.9 Å². The minimum atomic E-state index is -4.65. The van der Waals surface area contributed by atoms with Gasteiger partial charge in [-0.2, -0.15) is 13.2 Å². The summed E-state index contributed by atoms with van der Waals surface area (Å²) in [5.74, 6) is 0.933. The molecule has 0 radical (unpaired) electrons. The highest BCUT2D eigenvalue weighted by Crippen LogP contribution is 2.36. The third-order valence-corrected chi connectivity index (χ3v) is 6.19. The van der Waals surface area contributed by atoms with Gasteiger partial charge in [0.2, 0.25) is 0 Å². The number of hydrogen-bond donors (Lipinski definition) is 3. The summed E-state index contributed by atoms with van der Waals surface area (Å²) in [7, 11) is 0. The van der Waals surface area contributed by atoms with Crippen molar-refractivity contribution in [1.82, 2.24) is 15.0 Å². The van der Waals surface area contributed by atoms with Gasteiger partial charge in [0.15, 0.2) is 5.82 Å². The molecule has 2 aromatic heterocycles. The van der Waals surface area contributed by atoms with Crippen LogP contribution in [0.2, 0.25) is 5.02 Å². The second-order valence-electron chi connectivity index (χ2n) is 8.51. The first-order valence-corrected chi connectivity index (χ1v) is 11.8. The molecule has 2 aromatic carbocycles. The fourth-order valence-electron chi connectivity index (χ4n) is 3.97. The maximum atomic E-state index is 13.2. The van der Waals surface area contributed by atoms with Gasteiger partial charge in [-0.25, -0.2) is 4.98 Å². The molecule has 1 aliphatic rings. The zero-order chi connectivity index (χ0) is 26.9. The molecule has 196 valence electrons. The molecule has 3 heterocycles. The number of benzene rings is 2. The second kappa shape index (κ2) is 10.4. The van der Waals surface area contributed by atoms with E-state index in [4.69, 9.17) is 21.1 Å². The molecule has 1 unspecified atom stereocenters. The number of anilines is 1. The van der Waals surface area contributed by atoms with Crippen molar-refractivity contribution in [3.05, 3.63) is 88.3 Å². The molecule has 4 aromatic rings. The number of aliphatic hydroxyl groups is 1. The average Bonchev–Trinajstić information content (AvgIpc) is 3.38. The number of amides is 1. The molecule has 1 atom stereocenters. The van der Waals surface area contributed by atoms with E-state index in [1.165, 1.54) is 12.3 Å². The number of nitrogens with zero attached hydrogens (tertiary/aromatic N) is 2. The van der Waals surface area contributed by atoms with Crippen molar-refractivity contribution in [2.75, 3.05) is 5.32 Å². The molecular weight excluding hydrogens is 525 g/mol. The van der Waals surface area contributed by atoms with E-state index in [0.29, 0.717) is 28.7 Å². The average molecular weight is 545 g/mol. The van der Waals surface area contributed by atoms with Crippen LogP contribution in [0.4, 0.5) is 18.9 Å². The highest BCUT2D eigenvalue weighted by atomic mass is 35.5. The first kappa shape index (κ1) is 25.7.